The van der Waals surface area contributed by atoms with Gasteiger partial charge in [-0.2, -0.15) is 0 Å². The van der Waals surface area contributed by atoms with Gasteiger partial charge in [-0.3, -0.25) is 9.69 Å². The number of nitrogens with one attached hydrogen (secondary N) is 1. The molecule has 1 aromatic heterocycles. The largest absolute Gasteiger partial charge is 0.490 e. The van der Waals surface area contributed by atoms with Crippen LogP contribution in [0.3, 0.4) is 0 Å². The number of nitrogens with zero attached hydrogens (tertiary/aromatic N) is 3. The zero-order chi connectivity index (χ0) is 21.3. The summed E-state index contributed by atoms with van der Waals surface area (Å²) < 4.78 is 18.4. The number of benzene rings is 2. The van der Waals surface area contributed by atoms with Gasteiger partial charge in [-0.25, -0.2) is 4.39 Å². The van der Waals surface area contributed by atoms with Crippen molar-refractivity contribution in [1.82, 2.24) is 20.4 Å². The molecule has 0 atom stereocenters. The fraction of sp³-hybridized carbons (Fsp3) is 0.227. The van der Waals surface area contributed by atoms with Gasteiger partial charge in [-0.05, 0) is 42.4 Å². The van der Waals surface area contributed by atoms with E-state index in [0.29, 0.717) is 24.7 Å². The molecule has 1 heterocycles. The van der Waals surface area contributed by atoms with Crippen molar-refractivity contribution in [2.24, 2.45) is 0 Å². The van der Waals surface area contributed by atoms with Crippen LogP contribution in [0, 0.1) is 5.82 Å². The van der Waals surface area contributed by atoms with Gasteiger partial charge in [0.2, 0.25) is 5.01 Å². The van der Waals surface area contributed by atoms with Crippen molar-refractivity contribution in [3.8, 4) is 5.75 Å². The summed E-state index contributed by atoms with van der Waals surface area (Å²) in [5.41, 5.74) is 1.96. The molecule has 0 bridgehead atoms. The van der Waals surface area contributed by atoms with Gasteiger partial charge in [0, 0.05) is 13.1 Å². The van der Waals surface area contributed by atoms with Crippen molar-refractivity contribution < 1.29 is 13.9 Å². The fourth-order valence-corrected chi connectivity index (χ4v) is 3.55. The second-order valence-corrected chi connectivity index (χ2v) is 7.79. The smallest absolute Gasteiger partial charge is 0.282 e. The van der Waals surface area contributed by atoms with E-state index >= 15 is 0 Å². The predicted molar refractivity (Wildman–Crippen MR) is 115 cm³/mol. The van der Waals surface area contributed by atoms with Crippen molar-refractivity contribution in [2.45, 2.75) is 19.6 Å². The summed E-state index contributed by atoms with van der Waals surface area (Å²) in [6, 6.07) is 13.9. The lowest BCUT2D eigenvalue weighted by atomic mass is 10.2. The normalized spacial score (nSPS) is 10.8. The van der Waals surface area contributed by atoms with E-state index in [2.05, 4.69) is 27.0 Å². The number of ether oxygens (including phenoxy) is 1. The highest BCUT2D eigenvalue weighted by atomic mass is 32.1. The Labute approximate surface area is 179 Å². The van der Waals surface area contributed by atoms with E-state index in [9.17, 15) is 9.18 Å². The van der Waals surface area contributed by atoms with Crippen LogP contribution in [0.25, 0.3) is 0 Å². The van der Waals surface area contributed by atoms with Gasteiger partial charge in [0.1, 0.15) is 23.2 Å². The molecular weight excluding hydrogens is 403 g/mol. The molecule has 0 unspecified atom stereocenters. The zero-order valence-electron chi connectivity index (χ0n) is 16.7. The molecule has 1 N–H and O–H groups in total. The molecule has 0 aliphatic rings. The van der Waals surface area contributed by atoms with E-state index in [-0.39, 0.29) is 11.7 Å². The maximum atomic E-state index is 12.9. The lowest BCUT2D eigenvalue weighted by Crippen LogP contribution is -2.22. The maximum absolute atomic E-state index is 12.9. The quantitative estimate of drug-likeness (QED) is 0.500. The molecular formula is C22H23FN4O2S. The van der Waals surface area contributed by atoms with Gasteiger partial charge in [0.05, 0.1) is 6.54 Å². The number of rotatable bonds is 10. The molecule has 156 valence electrons. The summed E-state index contributed by atoms with van der Waals surface area (Å²) >= 11 is 1.26. The topological polar surface area (TPSA) is 67.3 Å². The molecule has 0 aliphatic heterocycles. The molecule has 30 heavy (non-hydrogen) atoms. The van der Waals surface area contributed by atoms with Gasteiger partial charge in [-0.15, -0.1) is 10.2 Å². The van der Waals surface area contributed by atoms with E-state index < -0.39 is 0 Å². The summed E-state index contributed by atoms with van der Waals surface area (Å²) in [7, 11) is 1.98. The molecule has 0 saturated carbocycles. The summed E-state index contributed by atoms with van der Waals surface area (Å²) in [5, 5.41) is 12.0. The van der Waals surface area contributed by atoms with E-state index in [4.69, 9.17) is 4.74 Å². The number of carbonyl (C=O) groups is 1. The SMILES string of the molecule is C=CCOc1ccc(CN(C)Cc2nnc(C(=O)NCc3ccc(F)cc3)s2)cc1. The van der Waals surface area contributed by atoms with Crippen LogP contribution >= 0.6 is 11.3 Å². The predicted octanol–water partition coefficient (Wildman–Crippen LogP) is 3.80. The average Bonchev–Trinajstić information content (AvgIpc) is 3.21. The van der Waals surface area contributed by atoms with Crippen LogP contribution in [0.2, 0.25) is 0 Å². The van der Waals surface area contributed by atoms with Crippen LogP contribution in [0.5, 0.6) is 5.75 Å². The molecule has 1 amide bonds. The minimum atomic E-state index is -0.306. The van der Waals surface area contributed by atoms with E-state index in [1.807, 2.05) is 31.3 Å². The molecule has 0 aliphatic carbocycles. The van der Waals surface area contributed by atoms with Crippen molar-refractivity contribution in [3.63, 3.8) is 0 Å². The van der Waals surface area contributed by atoms with Crippen molar-refractivity contribution in [2.75, 3.05) is 13.7 Å². The molecule has 0 fully saturated rings. The highest BCUT2D eigenvalue weighted by Crippen LogP contribution is 2.16. The summed E-state index contributed by atoms with van der Waals surface area (Å²) in [4.78, 5) is 14.4. The standard InChI is InChI=1S/C22H23FN4O2S/c1-3-12-29-19-10-6-17(7-11-19)14-27(2)15-20-25-26-22(30-20)21(28)24-13-16-4-8-18(23)9-5-16/h3-11H,1,12-15H2,2H3,(H,24,28). The van der Waals surface area contributed by atoms with Crippen molar-refractivity contribution in [3.05, 3.63) is 88.1 Å². The summed E-state index contributed by atoms with van der Waals surface area (Å²) in [5.74, 6) is 0.211. The van der Waals surface area contributed by atoms with Gasteiger partial charge >= 0.3 is 0 Å². The Morgan fingerprint density at radius 1 is 1.13 bits per heavy atom. The third-order valence-electron chi connectivity index (χ3n) is 4.18. The molecule has 0 spiro atoms. The summed E-state index contributed by atoms with van der Waals surface area (Å²) in [6.07, 6.45) is 1.71. The number of hydrogen-bond acceptors (Lipinski definition) is 6. The third-order valence-corrected chi connectivity index (χ3v) is 5.08. The van der Waals surface area contributed by atoms with Gasteiger partial charge in [-0.1, -0.05) is 48.3 Å². The molecule has 2 aromatic carbocycles. The van der Waals surface area contributed by atoms with Gasteiger partial charge in [0.25, 0.3) is 5.91 Å². The average molecular weight is 427 g/mol. The van der Waals surface area contributed by atoms with Crippen LogP contribution in [0.15, 0.2) is 61.2 Å². The van der Waals surface area contributed by atoms with Crippen LogP contribution in [0.1, 0.15) is 25.9 Å². The van der Waals surface area contributed by atoms with Crippen LogP contribution in [0.4, 0.5) is 4.39 Å². The molecule has 3 rings (SSSR count). The Bertz CT molecular complexity index is 974. The highest BCUT2D eigenvalue weighted by molar-refractivity contribution is 7.13. The van der Waals surface area contributed by atoms with Gasteiger partial charge < -0.3 is 10.1 Å². The number of aromatic nitrogens is 2. The number of carbonyl (C=O) groups excluding carboxylic acids is 1. The Balaban J connectivity index is 1.48. The number of halogens is 1. The molecule has 3 aromatic rings. The van der Waals surface area contributed by atoms with E-state index in [1.165, 1.54) is 23.5 Å². The molecule has 8 heteroatoms. The first-order valence-electron chi connectivity index (χ1n) is 9.39. The second-order valence-electron chi connectivity index (χ2n) is 6.73. The second kappa shape index (κ2) is 10.6. The number of hydrogen-bond donors (Lipinski definition) is 1. The van der Waals surface area contributed by atoms with Crippen molar-refractivity contribution in [1.29, 1.82) is 0 Å². The third kappa shape index (κ3) is 6.47. The van der Waals surface area contributed by atoms with Crippen LogP contribution in [-0.4, -0.2) is 34.7 Å². The fourth-order valence-electron chi connectivity index (χ4n) is 2.71. The lowest BCUT2D eigenvalue weighted by molar-refractivity contribution is 0.0950. The Morgan fingerprint density at radius 2 is 1.83 bits per heavy atom. The number of amides is 1. The van der Waals surface area contributed by atoms with Gasteiger partial charge in [0.15, 0.2) is 0 Å². The maximum Gasteiger partial charge on any atom is 0.282 e. The van der Waals surface area contributed by atoms with Crippen LogP contribution < -0.4 is 10.1 Å². The van der Waals surface area contributed by atoms with E-state index in [0.717, 1.165) is 28.4 Å². The first-order valence-corrected chi connectivity index (χ1v) is 10.2. The molecule has 0 radical (unpaired) electrons. The minimum Gasteiger partial charge on any atom is -0.490 e. The first kappa shape index (κ1) is 21.6. The summed E-state index contributed by atoms with van der Waals surface area (Å²) in [6.45, 7) is 5.73. The molecule has 6 nitrogen and oxygen atoms in total. The van der Waals surface area contributed by atoms with E-state index in [1.54, 1.807) is 18.2 Å². The Morgan fingerprint density at radius 3 is 2.53 bits per heavy atom. The zero-order valence-corrected chi connectivity index (χ0v) is 17.5. The Kier molecular flexibility index (Phi) is 7.64. The van der Waals surface area contributed by atoms with Crippen LogP contribution in [-0.2, 0) is 19.6 Å². The highest BCUT2D eigenvalue weighted by Gasteiger charge is 2.14. The minimum absolute atomic E-state index is 0.291. The van der Waals surface area contributed by atoms with Crippen molar-refractivity contribution >= 4 is 17.2 Å². The molecule has 0 saturated heterocycles. The lowest BCUT2D eigenvalue weighted by Gasteiger charge is -2.15. The Hall–Kier alpha value is -3.10. The first-order chi connectivity index (χ1) is 14.5. The monoisotopic (exact) mass is 426 g/mol.